The smallest absolute Gasteiger partial charge is 0.274 e. The van der Waals surface area contributed by atoms with Crippen molar-refractivity contribution in [3.05, 3.63) is 81.0 Å². The van der Waals surface area contributed by atoms with Crippen molar-refractivity contribution in [2.45, 2.75) is 32.7 Å². The van der Waals surface area contributed by atoms with Crippen LogP contribution in [0.1, 0.15) is 35.4 Å². The summed E-state index contributed by atoms with van der Waals surface area (Å²) in [5, 5.41) is 4.36. The van der Waals surface area contributed by atoms with Gasteiger partial charge in [0.15, 0.2) is 0 Å². The topological polar surface area (TPSA) is 63.9 Å². The maximum Gasteiger partial charge on any atom is 0.351 e. The quantitative estimate of drug-likeness (QED) is 0.692. The number of hydrogen-bond donors (Lipinski definition) is 2. The van der Waals surface area contributed by atoms with Gasteiger partial charge in [-0.05, 0) is 54.8 Å². The van der Waals surface area contributed by atoms with Gasteiger partial charge in [0.1, 0.15) is 17.5 Å². The molecule has 29 heavy (non-hydrogen) atoms. The van der Waals surface area contributed by atoms with Crippen molar-refractivity contribution in [2.75, 3.05) is 13.1 Å². The molecular formula is C21H23F2N5O. The number of nitrogens with zero attached hydrogens (tertiary/aromatic N) is 3. The van der Waals surface area contributed by atoms with Crippen molar-refractivity contribution >= 4 is 0 Å². The molecule has 6 nitrogen and oxygen atoms in total. The Balaban J connectivity index is 1.70. The normalized spacial score (nSPS) is 14.6. The van der Waals surface area contributed by atoms with Crippen LogP contribution in [0.25, 0.3) is 5.69 Å². The molecule has 0 bridgehead atoms. The third kappa shape index (κ3) is 3.73. The van der Waals surface area contributed by atoms with Crippen molar-refractivity contribution < 1.29 is 8.78 Å². The lowest BCUT2D eigenvalue weighted by Crippen LogP contribution is -2.25. The summed E-state index contributed by atoms with van der Waals surface area (Å²) >= 11 is 0. The van der Waals surface area contributed by atoms with E-state index in [9.17, 15) is 13.6 Å². The van der Waals surface area contributed by atoms with Crippen LogP contribution in [0.4, 0.5) is 8.78 Å². The number of rotatable bonds is 5. The first-order valence-electron chi connectivity index (χ1n) is 9.67. The van der Waals surface area contributed by atoms with Crippen molar-refractivity contribution in [2.24, 2.45) is 0 Å². The summed E-state index contributed by atoms with van der Waals surface area (Å²) in [5.41, 5.74) is 9.08. The lowest BCUT2D eigenvalue weighted by molar-refractivity contribution is 0.572. The Morgan fingerprint density at radius 2 is 1.86 bits per heavy atom. The van der Waals surface area contributed by atoms with Crippen LogP contribution in [0.2, 0.25) is 0 Å². The van der Waals surface area contributed by atoms with E-state index in [0.29, 0.717) is 17.4 Å². The van der Waals surface area contributed by atoms with Crippen molar-refractivity contribution in [1.29, 1.82) is 0 Å². The molecule has 0 amide bonds. The fraction of sp³-hybridized carbons (Fsp3) is 0.333. The fourth-order valence-electron chi connectivity index (χ4n) is 3.79. The number of benzene rings is 2. The average Bonchev–Trinajstić information content (AvgIpc) is 3.34. The van der Waals surface area contributed by atoms with E-state index < -0.39 is 11.6 Å². The second kappa shape index (κ2) is 7.88. The fourth-order valence-corrected chi connectivity index (χ4v) is 3.79. The summed E-state index contributed by atoms with van der Waals surface area (Å²) in [5.74, 6) is -0.281. The van der Waals surface area contributed by atoms with Crippen LogP contribution in [0.5, 0.6) is 0 Å². The molecule has 1 saturated heterocycles. The summed E-state index contributed by atoms with van der Waals surface area (Å²) in [6.45, 7) is 5.41. The van der Waals surface area contributed by atoms with Crippen LogP contribution >= 0.6 is 0 Å². The molecule has 4 rings (SSSR count). The van der Waals surface area contributed by atoms with Gasteiger partial charge in [0.25, 0.3) is 0 Å². The Morgan fingerprint density at radius 3 is 2.59 bits per heavy atom. The molecule has 2 heterocycles. The third-order valence-electron chi connectivity index (χ3n) is 5.40. The second-order valence-corrected chi connectivity index (χ2v) is 7.26. The molecule has 2 N–H and O–H groups in total. The van der Waals surface area contributed by atoms with Gasteiger partial charge < -0.3 is 0 Å². The largest absolute Gasteiger partial charge is 0.351 e. The zero-order valence-electron chi connectivity index (χ0n) is 16.4. The Bertz CT molecular complexity index is 1100. The SMILES string of the molecule is CCc1cc(-n2nc(C)n(Cc3cc(F)ccc3F)c2=O)ccc1C1CNNC1. The molecule has 0 unspecified atom stereocenters. The Labute approximate surface area is 167 Å². The molecule has 0 atom stereocenters. The van der Waals surface area contributed by atoms with Gasteiger partial charge >= 0.3 is 5.69 Å². The third-order valence-corrected chi connectivity index (χ3v) is 5.40. The minimum absolute atomic E-state index is 0.0770. The summed E-state index contributed by atoms with van der Waals surface area (Å²) in [4.78, 5) is 13.0. The number of halogens is 2. The van der Waals surface area contributed by atoms with E-state index >= 15 is 0 Å². The molecule has 3 aromatic rings. The molecule has 0 aliphatic carbocycles. The van der Waals surface area contributed by atoms with Gasteiger partial charge in [-0.15, -0.1) is 0 Å². The lowest BCUT2D eigenvalue weighted by atomic mass is 9.93. The average molecular weight is 399 g/mol. The molecule has 2 aromatic carbocycles. The van der Waals surface area contributed by atoms with Gasteiger partial charge in [0, 0.05) is 24.6 Å². The summed E-state index contributed by atoms with van der Waals surface area (Å²) in [6.07, 6.45) is 0.836. The van der Waals surface area contributed by atoms with Crippen LogP contribution in [0.15, 0.2) is 41.2 Å². The van der Waals surface area contributed by atoms with E-state index in [-0.39, 0.29) is 17.8 Å². The number of hydrazine groups is 1. The number of aromatic nitrogens is 3. The van der Waals surface area contributed by atoms with Gasteiger partial charge in [0.05, 0.1) is 12.2 Å². The molecule has 0 radical (unpaired) electrons. The zero-order chi connectivity index (χ0) is 20.5. The van der Waals surface area contributed by atoms with Gasteiger partial charge in [-0.1, -0.05) is 13.0 Å². The van der Waals surface area contributed by atoms with E-state index in [1.54, 1.807) is 6.92 Å². The predicted octanol–water partition coefficient (Wildman–Crippen LogP) is 2.42. The zero-order valence-corrected chi connectivity index (χ0v) is 16.4. The van der Waals surface area contributed by atoms with Crippen LogP contribution in [0.3, 0.4) is 0 Å². The van der Waals surface area contributed by atoms with Gasteiger partial charge in [-0.25, -0.2) is 13.6 Å². The standard InChI is InChI=1S/C21H23F2N5O/c1-3-14-9-18(5-6-19(14)16-10-24-25-11-16)28-21(29)27(13(2)26-28)12-15-8-17(22)4-7-20(15)23/h4-9,16,24-25H,3,10-12H2,1-2H3. The van der Waals surface area contributed by atoms with Crippen LogP contribution < -0.4 is 16.5 Å². The Hall–Kier alpha value is -2.84. The van der Waals surface area contributed by atoms with Gasteiger partial charge in [0.2, 0.25) is 0 Å². The lowest BCUT2D eigenvalue weighted by Gasteiger charge is -2.14. The van der Waals surface area contributed by atoms with Crippen LogP contribution in [-0.2, 0) is 13.0 Å². The monoisotopic (exact) mass is 399 g/mol. The Kier molecular flexibility index (Phi) is 5.29. The summed E-state index contributed by atoms with van der Waals surface area (Å²) in [6, 6.07) is 9.13. The minimum Gasteiger partial charge on any atom is -0.274 e. The minimum atomic E-state index is -0.554. The molecule has 0 saturated carbocycles. The van der Waals surface area contributed by atoms with Crippen molar-refractivity contribution in [3.63, 3.8) is 0 Å². The highest BCUT2D eigenvalue weighted by Gasteiger charge is 2.20. The first-order chi connectivity index (χ1) is 14.0. The first-order valence-corrected chi connectivity index (χ1v) is 9.67. The molecule has 1 aromatic heterocycles. The summed E-state index contributed by atoms with van der Waals surface area (Å²) in [7, 11) is 0. The maximum atomic E-state index is 14.0. The first kappa shape index (κ1) is 19.5. The molecule has 1 aliphatic heterocycles. The van der Waals surface area contributed by atoms with E-state index in [0.717, 1.165) is 43.3 Å². The number of aryl methyl sites for hydroxylation is 2. The van der Waals surface area contributed by atoms with Crippen molar-refractivity contribution in [1.82, 2.24) is 25.2 Å². The van der Waals surface area contributed by atoms with E-state index in [4.69, 9.17) is 0 Å². The Morgan fingerprint density at radius 1 is 1.10 bits per heavy atom. The van der Waals surface area contributed by atoms with Gasteiger partial charge in [-0.2, -0.15) is 9.78 Å². The van der Waals surface area contributed by atoms with Crippen LogP contribution in [-0.4, -0.2) is 27.4 Å². The van der Waals surface area contributed by atoms with E-state index in [1.807, 2.05) is 18.2 Å². The van der Waals surface area contributed by atoms with E-state index in [2.05, 4.69) is 22.9 Å². The van der Waals surface area contributed by atoms with Crippen LogP contribution in [0, 0.1) is 18.6 Å². The summed E-state index contributed by atoms with van der Waals surface area (Å²) < 4.78 is 30.2. The molecule has 1 fully saturated rings. The number of hydrogen-bond acceptors (Lipinski definition) is 4. The maximum absolute atomic E-state index is 14.0. The molecule has 152 valence electrons. The van der Waals surface area contributed by atoms with Crippen molar-refractivity contribution in [3.8, 4) is 5.69 Å². The highest BCUT2D eigenvalue weighted by molar-refractivity contribution is 5.42. The molecular weight excluding hydrogens is 376 g/mol. The number of nitrogens with one attached hydrogen (secondary N) is 2. The van der Waals surface area contributed by atoms with Gasteiger partial charge in [-0.3, -0.25) is 15.4 Å². The molecule has 8 heteroatoms. The molecule has 0 spiro atoms. The second-order valence-electron chi connectivity index (χ2n) is 7.26. The highest BCUT2D eigenvalue weighted by atomic mass is 19.1. The predicted molar refractivity (Wildman–Crippen MR) is 106 cm³/mol. The van der Waals surface area contributed by atoms with E-state index in [1.165, 1.54) is 14.8 Å². The molecule has 1 aliphatic rings. The highest BCUT2D eigenvalue weighted by Crippen LogP contribution is 2.24.